The topological polar surface area (TPSA) is 69.7 Å². The van der Waals surface area contributed by atoms with Gasteiger partial charge in [-0.2, -0.15) is 4.31 Å². The SMILES string of the molecule is Cc1ccc(S(=O)(=O)N2CCC(CC(=O)NCCC(C)N3CCCCCC3)CC2)cc1. The summed E-state index contributed by atoms with van der Waals surface area (Å²) < 4.78 is 27.2. The lowest BCUT2D eigenvalue weighted by molar-refractivity contribution is -0.122. The van der Waals surface area contributed by atoms with E-state index in [2.05, 4.69) is 17.1 Å². The van der Waals surface area contributed by atoms with E-state index in [9.17, 15) is 13.2 Å². The van der Waals surface area contributed by atoms with E-state index in [0.29, 0.717) is 30.4 Å². The third kappa shape index (κ3) is 7.02. The van der Waals surface area contributed by atoms with Gasteiger partial charge >= 0.3 is 0 Å². The van der Waals surface area contributed by atoms with Gasteiger partial charge in [0.1, 0.15) is 0 Å². The molecule has 1 N–H and O–H groups in total. The third-order valence-electron chi connectivity index (χ3n) is 6.85. The molecule has 7 heteroatoms. The molecule has 1 unspecified atom stereocenters. The summed E-state index contributed by atoms with van der Waals surface area (Å²) in [5.74, 6) is 0.357. The first-order valence-corrected chi connectivity index (χ1v) is 13.4. The average molecular weight is 450 g/mol. The van der Waals surface area contributed by atoms with E-state index in [-0.39, 0.29) is 11.8 Å². The first-order chi connectivity index (χ1) is 14.9. The Morgan fingerprint density at radius 3 is 2.26 bits per heavy atom. The van der Waals surface area contributed by atoms with Crippen molar-refractivity contribution in [1.82, 2.24) is 14.5 Å². The summed E-state index contributed by atoms with van der Waals surface area (Å²) in [6, 6.07) is 7.52. The zero-order chi connectivity index (χ0) is 22.3. The predicted octanol–water partition coefficient (Wildman–Crippen LogP) is 3.56. The number of nitrogens with zero attached hydrogens (tertiary/aromatic N) is 2. The number of benzene rings is 1. The standard InChI is InChI=1S/C24H39N3O3S/c1-20-7-9-23(10-8-20)31(29,30)27-17-12-22(13-18-27)19-24(28)25-14-11-21(2)26-15-5-3-4-6-16-26/h7-10,21-22H,3-6,11-19H2,1-2H3,(H,25,28). The number of hydrogen-bond acceptors (Lipinski definition) is 4. The smallest absolute Gasteiger partial charge is 0.243 e. The fourth-order valence-corrected chi connectivity index (χ4v) is 6.16. The van der Waals surface area contributed by atoms with Gasteiger partial charge in [-0.25, -0.2) is 8.42 Å². The zero-order valence-electron chi connectivity index (χ0n) is 19.2. The molecule has 31 heavy (non-hydrogen) atoms. The fraction of sp³-hybridized carbons (Fsp3) is 0.708. The molecule has 2 aliphatic rings. The van der Waals surface area contributed by atoms with Gasteiger partial charge in [0.05, 0.1) is 4.90 Å². The van der Waals surface area contributed by atoms with E-state index in [1.807, 2.05) is 19.1 Å². The molecular formula is C24H39N3O3S. The number of aryl methyl sites for hydroxylation is 1. The van der Waals surface area contributed by atoms with Crippen molar-refractivity contribution in [2.24, 2.45) is 5.92 Å². The van der Waals surface area contributed by atoms with Crippen LogP contribution in [0.2, 0.25) is 0 Å². The molecule has 0 aliphatic carbocycles. The minimum atomic E-state index is -3.44. The van der Waals surface area contributed by atoms with Crippen molar-refractivity contribution in [2.45, 2.75) is 76.2 Å². The molecule has 174 valence electrons. The summed E-state index contributed by atoms with van der Waals surface area (Å²) in [6.07, 6.45) is 8.21. The molecular weight excluding hydrogens is 410 g/mol. The minimum absolute atomic E-state index is 0.0999. The molecule has 1 amide bonds. The number of nitrogens with one attached hydrogen (secondary N) is 1. The van der Waals surface area contributed by atoms with Crippen LogP contribution in [-0.4, -0.2) is 62.3 Å². The van der Waals surface area contributed by atoms with Crippen LogP contribution in [0.3, 0.4) is 0 Å². The Bertz CT molecular complexity index is 794. The van der Waals surface area contributed by atoms with Crippen molar-refractivity contribution in [2.75, 3.05) is 32.7 Å². The molecule has 6 nitrogen and oxygen atoms in total. The molecule has 0 spiro atoms. The Kier molecular flexibility index (Phi) is 8.93. The van der Waals surface area contributed by atoms with Gasteiger partial charge in [0.25, 0.3) is 0 Å². The van der Waals surface area contributed by atoms with Crippen molar-refractivity contribution in [1.29, 1.82) is 0 Å². The maximum absolute atomic E-state index is 12.8. The maximum atomic E-state index is 12.8. The summed E-state index contributed by atoms with van der Waals surface area (Å²) in [5, 5.41) is 3.09. The first kappa shape index (κ1) is 24.2. The predicted molar refractivity (Wildman–Crippen MR) is 124 cm³/mol. The van der Waals surface area contributed by atoms with E-state index in [1.54, 1.807) is 16.4 Å². The van der Waals surface area contributed by atoms with Crippen molar-refractivity contribution < 1.29 is 13.2 Å². The lowest BCUT2D eigenvalue weighted by atomic mass is 9.94. The highest BCUT2D eigenvalue weighted by Gasteiger charge is 2.30. The lowest BCUT2D eigenvalue weighted by Gasteiger charge is -2.31. The molecule has 0 radical (unpaired) electrons. The van der Waals surface area contributed by atoms with Gasteiger partial charge in [0, 0.05) is 32.1 Å². The van der Waals surface area contributed by atoms with Crippen LogP contribution in [0.5, 0.6) is 0 Å². The Morgan fingerprint density at radius 1 is 1.03 bits per heavy atom. The van der Waals surface area contributed by atoms with Gasteiger partial charge in [-0.05, 0) is 77.1 Å². The van der Waals surface area contributed by atoms with Gasteiger partial charge in [-0.1, -0.05) is 30.5 Å². The first-order valence-electron chi connectivity index (χ1n) is 11.9. The van der Waals surface area contributed by atoms with E-state index in [1.165, 1.54) is 38.8 Å². The summed E-state index contributed by atoms with van der Waals surface area (Å²) in [6.45, 7) is 8.26. The van der Waals surface area contributed by atoms with E-state index >= 15 is 0 Å². The Morgan fingerprint density at radius 2 is 1.65 bits per heavy atom. The lowest BCUT2D eigenvalue weighted by Crippen LogP contribution is -2.40. The number of hydrogen-bond donors (Lipinski definition) is 1. The largest absolute Gasteiger partial charge is 0.356 e. The van der Waals surface area contributed by atoms with Crippen LogP contribution in [0.15, 0.2) is 29.2 Å². The van der Waals surface area contributed by atoms with Crippen LogP contribution in [0, 0.1) is 12.8 Å². The summed E-state index contributed by atoms with van der Waals surface area (Å²) in [4.78, 5) is 15.3. The highest BCUT2D eigenvalue weighted by molar-refractivity contribution is 7.89. The highest BCUT2D eigenvalue weighted by atomic mass is 32.2. The molecule has 2 fully saturated rings. The van der Waals surface area contributed by atoms with Crippen LogP contribution >= 0.6 is 0 Å². The Hall–Kier alpha value is -1.44. The van der Waals surface area contributed by atoms with Crippen molar-refractivity contribution in [3.8, 4) is 0 Å². The monoisotopic (exact) mass is 449 g/mol. The molecule has 2 aliphatic heterocycles. The van der Waals surface area contributed by atoms with Gasteiger partial charge in [-0.15, -0.1) is 0 Å². The number of rotatable bonds is 8. The summed E-state index contributed by atoms with van der Waals surface area (Å²) in [7, 11) is -3.44. The van der Waals surface area contributed by atoms with Gasteiger partial charge < -0.3 is 10.2 Å². The summed E-state index contributed by atoms with van der Waals surface area (Å²) >= 11 is 0. The maximum Gasteiger partial charge on any atom is 0.243 e. The molecule has 1 aromatic rings. The third-order valence-corrected chi connectivity index (χ3v) is 8.77. The molecule has 1 atom stereocenters. The average Bonchev–Trinajstić information content (AvgIpc) is 3.04. The second-order valence-corrected chi connectivity index (χ2v) is 11.2. The molecule has 0 bridgehead atoms. The van der Waals surface area contributed by atoms with E-state index in [4.69, 9.17) is 0 Å². The molecule has 3 rings (SSSR count). The summed E-state index contributed by atoms with van der Waals surface area (Å²) in [5.41, 5.74) is 1.05. The number of likely N-dealkylation sites (tertiary alicyclic amines) is 1. The number of piperidine rings is 1. The molecule has 2 saturated heterocycles. The normalized spacial score (nSPS) is 20.8. The van der Waals surface area contributed by atoms with E-state index < -0.39 is 10.0 Å². The quantitative estimate of drug-likeness (QED) is 0.659. The van der Waals surface area contributed by atoms with Crippen LogP contribution < -0.4 is 5.32 Å². The zero-order valence-corrected chi connectivity index (χ0v) is 20.0. The number of amides is 1. The molecule has 1 aromatic carbocycles. The molecule has 0 saturated carbocycles. The van der Waals surface area contributed by atoms with Crippen LogP contribution in [0.25, 0.3) is 0 Å². The number of carbonyl (C=O) groups is 1. The van der Waals surface area contributed by atoms with Crippen LogP contribution in [0.1, 0.15) is 63.9 Å². The van der Waals surface area contributed by atoms with Crippen LogP contribution in [-0.2, 0) is 14.8 Å². The van der Waals surface area contributed by atoms with Gasteiger partial charge in [-0.3, -0.25) is 4.79 Å². The van der Waals surface area contributed by atoms with E-state index in [0.717, 1.165) is 31.4 Å². The molecule has 2 heterocycles. The second-order valence-electron chi connectivity index (χ2n) is 9.30. The number of carbonyl (C=O) groups excluding carboxylic acids is 1. The molecule has 0 aromatic heterocycles. The van der Waals surface area contributed by atoms with Gasteiger partial charge in [0.15, 0.2) is 0 Å². The Labute approximate surface area is 188 Å². The second kappa shape index (κ2) is 11.4. The van der Waals surface area contributed by atoms with Crippen molar-refractivity contribution in [3.63, 3.8) is 0 Å². The van der Waals surface area contributed by atoms with Crippen molar-refractivity contribution in [3.05, 3.63) is 29.8 Å². The van der Waals surface area contributed by atoms with Gasteiger partial charge in [0.2, 0.25) is 15.9 Å². The fourth-order valence-electron chi connectivity index (χ4n) is 4.69. The Balaban J connectivity index is 1.37. The highest BCUT2D eigenvalue weighted by Crippen LogP contribution is 2.26. The number of sulfonamides is 1. The van der Waals surface area contributed by atoms with Crippen molar-refractivity contribution >= 4 is 15.9 Å². The van der Waals surface area contributed by atoms with Crippen LogP contribution in [0.4, 0.5) is 0 Å². The minimum Gasteiger partial charge on any atom is -0.356 e.